The van der Waals surface area contributed by atoms with E-state index in [2.05, 4.69) is 0 Å². The highest BCUT2D eigenvalue weighted by Gasteiger charge is 2.47. The molecule has 2 atom stereocenters. The highest BCUT2D eigenvalue weighted by molar-refractivity contribution is 4.82. The molecule has 0 aliphatic carbocycles. The Balaban J connectivity index is 2.09. The van der Waals surface area contributed by atoms with Gasteiger partial charge in [0, 0.05) is 6.61 Å². The molecule has 0 aromatic rings. The molecule has 0 bridgehead atoms. The summed E-state index contributed by atoms with van der Waals surface area (Å²) < 4.78 is 15.7. The molecule has 0 radical (unpaired) electrons. The SMILES string of the molecule is CCCOCC1(OCC(O)CO)CO1. The van der Waals surface area contributed by atoms with E-state index in [1.807, 2.05) is 6.92 Å². The van der Waals surface area contributed by atoms with Crippen LogP contribution in [0.3, 0.4) is 0 Å². The molecule has 1 aliphatic rings. The molecule has 1 heterocycles. The number of epoxide rings is 1. The van der Waals surface area contributed by atoms with Crippen molar-refractivity contribution in [1.82, 2.24) is 0 Å². The van der Waals surface area contributed by atoms with Crippen LogP contribution in [0.1, 0.15) is 13.3 Å². The van der Waals surface area contributed by atoms with E-state index in [4.69, 9.17) is 24.4 Å². The molecule has 0 spiro atoms. The van der Waals surface area contributed by atoms with Crippen molar-refractivity contribution in [1.29, 1.82) is 0 Å². The summed E-state index contributed by atoms with van der Waals surface area (Å²) in [5.74, 6) is -0.661. The van der Waals surface area contributed by atoms with Gasteiger partial charge in [0.15, 0.2) is 0 Å². The first-order valence-electron chi connectivity index (χ1n) is 4.87. The molecule has 84 valence electrons. The third-order valence-corrected chi connectivity index (χ3v) is 1.89. The molecule has 1 saturated heterocycles. The van der Waals surface area contributed by atoms with E-state index < -0.39 is 11.9 Å². The third-order valence-electron chi connectivity index (χ3n) is 1.89. The molecule has 14 heavy (non-hydrogen) atoms. The zero-order valence-electron chi connectivity index (χ0n) is 8.44. The minimum atomic E-state index is -0.845. The van der Waals surface area contributed by atoms with Crippen LogP contribution in [-0.4, -0.2) is 55.1 Å². The van der Waals surface area contributed by atoms with Gasteiger partial charge in [-0.25, -0.2) is 0 Å². The maximum atomic E-state index is 9.05. The topological polar surface area (TPSA) is 71.5 Å². The molecule has 5 heteroatoms. The normalized spacial score (nSPS) is 27.6. The Bertz CT molecular complexity index is 157. The van der Waals surface area contributed by atoms with Crippen LogP contribution in [0.4, 0.5) is 0 Å². The van der Waals surface area contributed by atoms with Crippen LogP contribution in [-0.2, 0) is 14.2 Å². The lowest BCUT2D eigenvalue weighted by Crippen LogP contribution is -2.30. The van der Waals surface area contributed by atoms with Crippen LogP contribution < -0.4 is 0 Å². The summed E-state index contributed by atoms with van der Waals surface area (Å²) in [7, 11) is 0. The number of hydrogen-bond acceptors (Lipinski definition) is 5. The van der Waals surface area contributed by atoms with Crippen LogP contribution in [0.2, 0.25) is 0 Å². The van der Waals surface area contributed by atoms with E-state index in [1.165, 1.54) is 0 Å². The van der Waals surface area contributed by atoms with Crippen LogP contribution >= 0.6 is 0 Å². The van der Waals surface area contributed by atoms with Gasteiger partial charge >= 0.3 is 0 Å². The first-order chi connectivity index (χ1) is 6.72. The standard InChI is InChI=1S/C9H18O5/c1-2-3-12-6-9(7-14-9)13-5-8(11)4-10/h8,10-11H,2-7H2,1H3. The fourth-order valence-electron chi connectivity index (χ4n) is 0.962. The summed E-state index contributed by atoms with van der Waals surface area (Å²) >= 11 is 0. The van der Waals surface area contributed by atoms with E-state index in [9.17, 15) is 0 Å². The van der Waals surface area contributed by atoms with Gasteiger partial charge < -0.3 is 24.4 Å². The summed E-state index contributed by atoms with van der Waals surface area (Å²) in [6.07, 6.45) is 0.109. The molecule has 0 aromatic heterocycles. The van der Waals surface area contributed by atoms with E-state index in [1.54, 1.807) is 0 Å². The molecule has 1 rings (SSSR count). The zero-order valence-corrected chi connectivity index (χ0v) is 8.44. The second-order valence-corrected chi connectivity index (χ2v) is 3.40. The lowest BCUT2D eigenvalue weighted by molar-refractivity contribution is -0.119. The Hall–Kier alpha value is -0.200. The predicted octanol–water partition coefficient (Wildman–Crippen LogP) is -0.491. The molecular weight excluding hydrogens is 188 g/mol. The first kappa shape index (κ1) is 11.9. The van der Waals surface area contributed by atoms with E-state index in [-0.39, 0.29) is 13.2 Å². The number of hydrogen-bond donors (Lipinski definition) is 2. The van der Waals surface area contributed by atoms with Gasteiger partial charge in [-0.05, 0) is 6.42 Å². The molecule has 0 aromatic carbocycles. The molecule has 0 saturated carbocycles. The van der Waals surface area contributed by atoms with E-state index in [0.717, 1.165) is 6.42 Å². The van der Waals surface area contributed by atoms with Gasteiger partial charge in [0.2, 0.25) is 5.79 Å². The maximum absolute atomic E-state index is 9.05. The molecule has 2 unspecified atom stereocenters. The van der Waals surface area contributed by atoms with Crippen molar-refractivity contribution in [2.24, 2.45) is 0 Å². The molecule has 1 aliphatic heterocycles. The fraction of sp³-hybridized carbons (Fsp3) is 1.00. The van der Waals surface area contributed by atoms with Gasteiger partial charge in [-0.15, -0.1) is 0 Å². The van der Waals surface area contributed by atoms with Crippen molar-refractivity contribution >= 4 is 0 Å². The summed E-state index contributed by atoms with van der Waals surface area (Å²) in [6, 6.07) is 0. The lowest BCUT2D eigenvalue weighted by atomic mass is 10.4. The monoisotopic (exact) mass is 206 g/mol. The van der Waals surface area contributed by atoms with Gasteiger partial charge in [-0.3, -0.25) is 0 Å². The van der Waals surface area contributed by atoms with Crippen LogP contribution in [0.15, 0.2) is 0 Å². The number of aliphatic hydroxyl groups excluding tert-OH is 2. The second-order valence-electron chi connectivity index (χ2n) is 3.40. The quantitative estimate of drug-likeness (QED) is 0.414. The second kappa shape index (κ2) is 5.63. The van der Waals surface area contributed by atoms with Crippen LogP contribution in [0.25, 0.3) is 0 Å². The Morgan fingerprint density at radius 3 is 2.79 bits per heavy atom. The van der Waals surface area contributed by atoms with E-state index in [0.29, 0.717) is 19.8 Å². The summed E-state index contributed by atoms with van der Waals surface area (Å²) in [6.45, 7) is 3.36. The van der Waals surface area contributed by atoms with Crippen molar-refractivity contribution in [2.45, 2.75) is 25.2 Å². The van der Waals surface area contributed by atoms with Gasteiger partial charge in [0.05, 0.1) is 13.2 Å². The Morgan fingerprint density at radius 2 is 2.29 bits per heavy atom. The minimum absolute atomic E-state index is 0.0754. The summed E-state index contributed by atoms with van der Waals surface area (Å²) in [4.78, 5) is 0. The van der Waals surface area contributed by atoms with Gasteiger partial charge in [0.25, 0.3) is 0 Å². The Labute approximate surface area is 83.6 Å². The molecular formula is C9H18O5. The first-order valence-corrected chi connectivity index (χ1v) is 4.87. The highest BCUT2D eigenvalue weighted by Crippen LogP contribution is 2.28. The van der Waals surface area contributed by atoms with Crippen molar-refractivity contribution in [2.75, 3.05) is 33.0 Å². The minimum Gasteiger partial charge on any atom is -0.394 e. The van der Waals surface area contributed by atoms with Gasteiger partial charge in [-0.1, -0.05) is 6.92 Å². The molecule has 2 N–H and O–H groups in total. The fourth-order valence-corrected chi connectivity index (χ4v) is 0.962. The van der Waals surface area contributed by atoms with Crippen molar-refractivity contribution < 1.29 is 24.4 Å². The van der Waals surface area contributed by atoms with Crippen LogP contribution in [0.5, 0.6) is 0 Å². The van der Waals surface area contributed by atoms with Crippen molar-refractivity contribution in [3.8, 4) is 0 Å². The average Bonchev–Trinajstić information content (AvgIpc) is 2.96. The smallest absolute Gasteiger partial charge is 0.216 e. The predicted molar refractivity (Wildman–Crippen MR) is 48.8 cm³/mol. The van der Waals surface area contributed by atoms with Crippen molar-refractivity contribution in [3.05, 3.63) is 0 Å². The van der Waals surface area contributed by atoms with Crippen molar-refractivity contribution in [3.63, 3.8) is 0 Å². The summed E-state index contributed by atoms with van der Waals surface area (Å²) in [5.41, 5.74) is 0. The van der Waals surface area contributed by atoms with Gasteiger partial charge in [0.1, 0.15) is 19.3 Å². The average molecular weight is 206 g/mol. The third kappa shape index (κ3) is 3.89. The van der Waals surface area contributed by atoms with Gasteiger partial charge in [-0.2, -0.15) is 0 Å². The molecule has 1 fully saturated rings. The largest absolute Gasteiger partial charge is 0.394 e. The lowest BCUT2D eigenvalue weighted by Gasteiger charge is -2.15. The highest BCUT2D eigenvalue weighted by atomic mass is 16.8. The molecule has 5 nitrogen and oxygen atoms in total. The zero-order chi connectivity index (χ0) is 10.4. The Kier molecular flexibility index (Phi) is 4.77. The number of rotatable bonds is 8. The van der Waals surface area contributed by atoms with Crippen LogP contribution in [0, 0.1) is 0 Å². The molecule has 0 amide bonds. The number of ether oxygens (including phenoxy) is 3. The summed E-state index contributed by atoms with van der Waals surface area (Å²) in [5, 5.41) is 17.6. The Morgan fingerprint density at radius 1 is 1.57 bits per heavy atom. The number of aliphatic hydroxyl groups is 2. The van der Waals surface area contributed by atoms with E-state index >= 15 is 0 Å². The maximum Gasteiger partial charge on any atom is 0.216 e.